The van der Waals surface area contributed by atoms with Gasteiger partial charge in [0.2, 0.25) is 5.89 Å². The summed E-state index contributed by atoms with van der Waals surface area (Å²) < 4.78 is 5.04. The van der Waals surface area contributed by atoms with Crippen LogP contribution in [-0.4, -0.2) is 27.2 Å². The molecule has 0 unspecified atom stereocenters. The monoisotopic (exact) mass is 262 g/mol. The quantitative estimate of drug-likeness (QED) is 0.820. The van der Waals surface area contributed by atoms with Crippen molar-refractivity contribution in [3.8, 4) is 0 Å². The molecular formula is C12H18N6O. The van der Waals surface area contributed by atoms with Gasteiger partial charge in [0.15, 0.2) is 5.82 Å². The SMILES string of the molecule is CCCc1nc(NC)cc(NCc2nc(C)no2)n1. The Labute approximate surface area is 111 Å². The van der Waals surface area contributed by atoms with Crippen LogP contribution in [0.25, 0.3) is 0 Å². The Kier molecular flexibility index (Phi) is 4.27. The molecule has 0 saturated carbocycles. The summed E-state index contributed by atoms with van der Waals surface area (Å²) in [4.78, 5) is 13.0. The highest BCUT2D eigenvalue weighted by Crippen LogP contribution is 2.12. The fourth-order valence-corrected chi connectivity index (χ4v) is 1.63. The van der Waals surface area contributed by atoms with E-state index in [1.54, 1.807) is 6.92 Å². The molecule has 2 rings (SSSR count). The van der Waals surface area contributed by atoms with Gasteiger partial charge in [-0.2, -0.15) is 4.98 Å². The maximum absolute atomic E-state index is 5.04. The van der Waals surface area contributed by atoms with E-state index in [4.69, 9.17) is 4.52 Å². The summed E-state index contributed by atoms with van der Waals surface area (Å²) >= 11 is 0. The fourth-order valence-electron chi connectivity index (χ4n) is 1.63. The lowest BCUT2D eigenvalue weighted by Gasteiger charge is -2.08. The number of aryl methyl sites for hydroxylation is 2. The van der Waals surface area contributed by atoms with E-state index >= 15 is 0 Å². The molecule has 2 heterocycles. The first-order valence-corrected chi connectivity index (χ1v) is 6.30. The molecule has 7 nitrogen and oxygen atoms in total. The van der Waals surface area contributed by atoms with Crippen LogP contribution in [0.15, 0.2) is 10.6 Å². The summed E-state index contributed by atoms with van der Waals surface area (Å²) in [6.07, 6.45) is 1.86. The molecule has 0 aliphatic rings. The second-order valence-electron chi connectivity index (χ2n) is 4.14. The molecule has 0 fully saturated rings. The first kappa shape index (κ1) is 13.3. The van der Waals surface area contributed by atoms with Crippen LogP contribution in [0, 0.1) is 6.92 Å². The van der Waals surface area contributed by atoms with Gasteiger partial charge in [-0.3, -0.25) is 0 Å². The summed E-state index contributed by atoms with van der Waals surface area (Å²) in [5, 5.41) is 9.92. The van der Waals surface area contributed by atoms with Crippen molar-refractivity contribution in [2.24, 2.45) is 0 Å². The summed E-state index contributed by atoms with van der Waals surface area (Å²) in [5.41, 5.74) is 0. The van der Waals surface area contributed by atoms with Crippen molar-refractivity contribution in [1.82, 2.24) is 20.1 Å². The molecule has 0 aliphatic carbocycles. The maximum Gasteiger partial charge on any atom is 0.245 e. The third kappa shape index (κ3) is 3.64. The molecule has 0 radical (unpaired) electrons. The predicted molar refractivity (Wildman–Crippen MR) is 71.9 cm³/mol. The molecule has 2 aromatic heterocycles. The van der Waals surface area contributed by atoms with Gasteiger partial charge in [-0.15, -0.1) is 0 Å². The van der Waals surface area contributed by atoms with Crippen molar-refractivity contribution in [2.75, 3.05) is 17.7 Å². The van der Waals surface area contributed by atoms with Crippen LogP contribution in [0.2, 0.25) is 0 Å². The lowest BCUT2D eigenvalue weighted by Crippen LogP contribution is -2.07. The zero-order valence-corrected chi connectivity index (χ0v) is 11.4. The average molecular weight is 262 g/mol. The second kappa shape index (κ2) is 6.12. The van der Waals surface area contributed by atoms with Gasteiger partial charge >= 0.3 is 0 Å². The summed E-state index contributed by atoms with van der Waals surface area (Å²) in [7, 11) is 1.84. The second-order valence-corrected chi connectivity index (χ2v) is 4.14. The van der Waals surface area contributed by atoms with Gasteiger partial charge in [-0.05, 0) is 13.3 Å². The fraction of sp³-hybridized carbons (Fsp3) is 0.500. The minimum Gasteiger partial charge on any atom is -0.373 e. The molecule has 0 amide bonds. The van der Waals surface area contributed by atoms with Crippen LogP contribution < -0.4 is 10.6 Å². The normalized spacial score (nSPS) is 10.5. The number of aromatic nitrogens is 4. The van der Waals surface area contributed by atoms with Gasteiger partial charge in [0.1, 0.15) is 17.5 Å². The highest BCUT2D eigenvalue weighted by Gasteiger charge is 2.06. The van der Waals surface area contributed by atoms with Crippen LogP contribution in [0.1, 0.15) is 30.9 Å². The topological polar surface area (TPSA) is 88.8 Å². The minimum atomic E-state index is 0.451. The Morgan fingerprint density at radius 2 is 2.00 bits per heavy atom. The van der Waals surface area contributed by atoms with Crippen LogP contribution >= 0.6 is 0 Å². The smallest absolute Gasteiger partial charge is 0.245 e. The zero-order valence-electron chi connectivity index (χ0n) is 11.4. The van der Waals surface area contributed by atoms with Gasteiger partial charge in [0.05, 0.1) is 6.54 Å². The van der Waals surface area contributed by atoms with Gasteiger partial charge in [0.25, 0.3) is 0 Å². The molecule has 0 saturated heterocycles. The van der Waals surface area contributed by atoms with Crippen LogP contribution in [0.5, 0.6) is 0 Å². The largest absolute Gasteiger partial charge is 0.373 e. The number of nitrogens with one attached hydrogen (secondary N) is 2. The van der Waals surface area contributed by atoms with Crippen LogP contribution in [0.3, 0.4) is 0 Å². The van der Waals surface area contributed by atoms with Crippen molar-refractivity contribution in [3.05, 3.63) is 23.6 Å². The zero-order chi connectivity index (χ0) is 13.7. The van der Waals surface area contributed by atoms with Crippen molar-refractivity contribution in [2.45, 2.75) is 33.2 Å². The van der Waals surface area contributed by atoms with E-state index in [2.05, 4.69) is 37.7 Å². The summed E-state index contributed by atoms with van der Waals surface area (Å²) in [6, 6.07) is 1.85. The predicted octanol–water partition coefficient (Wildman–Crippen LogP) is 1.77. The van der Waals surface area contributed by atoms with Crippen LogP contribution in [0.4, 0.5) is 11.6 Å². The first-order chi connectivity index (χ1) is 9.21. The number of anilines is 2. The van der Waals surface area contributed by atoms with E-state index in [1.807, 2.05) is 13.1 Å². The first-order valence-electron chi connectivity index (χ1n) is 6.30. The molecule has 102 valence electrons. The molecule has 0 bridgehead atoms. The minimum absolute atomic E-state index is 0.451. The van der Waals surface area contributed by atoms with E-state index in [9.17, 15) is 0 Å². The maximum atomic E-state index is 5.04. The molecule has 7 heteroatoms. The van der Waals surface area contributed by atoms with Crippen LogP contribution in [-0.2, 0) is 13.0 Å². The molecular weight excluding hydrogens is 244 g/mol. The van der Waals surface area contributed by atoms with E-state index < -0.39 is 0 Å². The molecule has 2 N–H and O–H groups in total. The van der Waals surface area contributed by atoms with Gasteiger partial charge in [-0.1, -0.05) is 12.1 Å². The Morgan fingerprint density at radius 3 is 2.63 bits per heavy atom. The molecule has 0 aliphatic heterocycles. The van der Waals surface area contributed by atoms with Crippen molar-refractivity contribution in [3.63, 3.8) is 0 Å². The number of hydrogen-bond acceptors (Lipinski definition) is 7. The number of nitrogens with zero attached hydrogens (tertiary/aromatic N) is 4. The van der Waals surface area contributed by atoms with Gasteiger partial charge in [0, 0.05) is 19.5 Å². The van der Waals surface area contributed by atoms with Crippen molar-refractivity contribution >= 4 is 11.6 Å². The Bertz CT molecular complexity index is 539. The van der Waals surface area contributed by atoms with E-state index in [-0.39, 0.29) is 0 Å². The van der Waals surface area contributed by atoms with Gasteiger partial charge < -0.3 is 15.2 Å². The summed E-state index contributed by atoms with van der Waals surface area (Å²) in [5.74, 6) is 3.53. The highest BCUT2D eigenvalue weighted by molar-refractivity contribution is 5.47. The van der Waals surface area contributed by atoms with Crippen molar-refractivity contribution < 1.29 is 4.52 Å². The standard InChI is InChI=1S/C12H18N6O/c1-4-5-9-16-10(13-3)6-11(17-9)14-7-12-15-8(2)18-19-12/h6H,4-5,7H2,1-3H3,(H2,13,14,16,17). The Hall–Kier alpha value is -2.18. The molecule has 0 atom stereocenters. The molecule has 0 spiro atoms. The third-order valence-corrected chi connectivity index (χ3v) is 2.49. The summed E-state index contributed by atoms with van der Waals surface area (Å²) in [6.45, 7) is 4.34. The van der Waals surface area contributed by atoms with E-state index in [1.165, 1.54) is 0 Å². The average Bonchev–Trinajstić information content (AvgIpc) is 2.82. The molecule has 2 aromatic rings. The molecule has 19 heavy (non-hydrogen) atoms. The van der Waals surface area contributed by atoms with E-state index in [0.717, 1.165) is 30.3 Å². The third-order valence-electron chi connectivity index (χ3n) is 2.49. The number of rotatable bonds is 6. The molecule has 0 aromatic carbocycles. The van der Waals surface area contributed by atoms with Gasteiger partial charge in [-0.25, -0.2) is 9.97 Å². The Morgan fingerprint density at radius 1 is 1.21 bits per heavy atom. The van der Waals surface area contributed by atoms with Crippen molar-refractivity contribution in [1.29, 1.82) is 0 Å². The van der Waals surface area contributed by atoms with E-state index in [0.29, 0.717) is 18.3 Å². The lowest BCUT2D eigenvalue weighted by molar-refractivity contribution is 0.379. The Balaban J connectivity index is 2.08. The number of hydrogen-bond donors (Lipinski definition) is 2. The highest BCUT2D eigenvalue weighted by atomic mass is 16.5. The lowest BCUT2D eigenvalue weighted by atomic mass is 10.3.